The zero-order valence-electron chi connectivity index (χ0n) is 23.6. The molecule has 1 aliphatic carbocycles. The second kappa shape index (κ2) is 13.6. The van der Waals surface area contributed by atoms with Crippen LogP contribution >= 0.6 is 27.2 Å². The molecule has 43 heavy (non-hydrogen) atoms. The highest BCUT2D eigenvalue weighted by Crippen LogP contribution is 2.56. The van der Waals surface area contributed by atoms with Gasteiger partial charge in [0.15, 0.2) is 11.7 Å². The smallest absolute Gasteiger partial charge is 0.274 e. The Labute approximate surface area is 251 Å². The number of hydrogen-bond donors (Lipinski definition) is 6. The molecule has 0 amide bonds. The SMILES string of the molecule is CC[NH+](CC)CC.Nc1c2nc(Cl)n3c2nc[n+]1[C@@H]1C[C@H](COP(=O)([O-])OP(=O)([O-])OC[C@H]2O[C@@H]3[C@H](O)[C@@H]2O)[C@@H](O)[C@H]1O. The summed E-state index contributed by atoms with van der Waals surface area (Å²) in [5, 5.41) is 41.7. The van der Waals surface area contributed by atoms with E-state index in [1.165, 1.54) is 30.5 Å². The third kappa shape index (κ3) is 7.23. The van der Waals surface area contributed by atoms with Gasteiger partial charge < -0.3 is 54.6 Å². The van der Waals surface area contributed by atoms with E-state index < -0.39 is 77.6 Å². The van der Waals surface area contributed by atoms with Crippen LogP contribution in [0.1, 0.15) is 39.5 Å². The van der Waals surface area contributed by atoms with Gasteiger partial charge in [-0.25, -0.2) is 13.9 Å². The van der Waals surface area contributed by atoms with E-state index >= 15 is 0 Å². The van der Waals surface area contributed by atoms with Crippen molar-refractivity contribution in [2.45, 2.75) is 70.0 Å². The van der Waals surface area contributed by atoms with Gasteiger partial charge in [-0.1, -0.05) is 4.98 Å². The number of nitrogens with zero attached hydrogens (tertiary/aromatic N) is 4. The molecule has 0 radical (unpaired) electrons. The molecule has 2 unspecified atom stereocenters. The fourth-order valence-corrected chi connectivity index (χ4v) is 7.70. The highest BCUT2D eigenvalue weighted by molar-refractivity contribution is 7.59. The van der Waals surface area contributed by atoms with E-state index in [1.807, 2.05) is 0 Å². The number of aromatic nitrogens is 4. The lowest BCUT2D eigenvalue weighted by Crippen LogP contribution is -3.11. The monoisotopic (exact) mass is 674 g/mol. The molecule has 7 N–H and O–H groups in total. The molecule has 2 fully saturated rings. The number of nitrogens with two attached hydrogens (primary N) is 1. The van der Waals surface area contributed by atoms with E-state index in [9.17, 15) is 39.3 Å². The van der Waals surface area contributed by atoms with E-state index in [2.05, 4.69) is 44.1 Å². The first-order valence-corrected chi connectivity index (χ1v) is 17.0. The first-order chi connectivity index (χ1) is 20.1. The molecule has 10 atom stereocenters. The zero-order valence-corrected chi connectivity index (χ0v) is 26.2. The lowest BCUT2D eigenvalue weighted by atomic mass is 10.1. The topological polar surface area (TPSA) is 263 Å². The second-order valence-corrected chi connectivity index (χ2v) is 13.7. The summed E-state index contributed by atoms with van der Waals surface area (Å²) < 4.78 is 45.3. The van der Waals surface area contributed by atoms with Gasteiger partial charge in [-0.3, -0.25) is 13.7 Å². The number of aliphatic hydroxyl groups excluding tert-OH is 4. The summed E-state index contributed by atoms with van der Waals surface area (Å²) in [4.78, 5) is 34.2. The van der Waals surface area contributed by atoms with Crippen LogP contribution in [0.5, 0.6) is 0 Å². The van der Waals surface area contributed by atoms with Crippen LogP contribution in [-0.2, 0) is 27.2 Å². The number of nitrogen functional groups attached to an aromatic ring is 1. The first kappa shape index (κ1) is 34.5. The van der Waals surface area contributed by atoms with Crippen LogP contribution in [0.15, 0.2) is 6.33 Å². The highest BCUT2D eigenvalue weighted by Gasteiger charge is 2.48. The fraction of sp³-hybridized carbons (Fsp3) is 0.773. The molecule has 18 nitrogen and oxygen atoms in total. The van der Waals surface area contributed by atoms with Crippen LogP contribution < -0.4 is 25.0 Å². The number of phosphoric acid groups is 2. The number of phosphoric ester groups is 2. The molecular formula is C22H37ClN6O12P2. The van der Waals surface area contributed by atoms with Crippen LogP contribution in [0.4, 0.5) is 5.82 Å². The molecule has 1 saturated carbocycles. The minimum atomic E-state index is -5.55. The minimum Gasteiger partial charge on any atom is -0.756 e. The van der Waals surface area contributed by atoms with Crippen molar-refractivity contribution in [3.8, 4) is 0 Å². The number of quaternary nitrogens is 1. The molecule has 5 heterocycles. The summed E-state index contributed by atoms with van der Waals surface area (Å²) in [5.41, 5.74) is 6.33. The Kier molecular flexibility index (Phi) is 10.9. The van der Waals surface area contributed by atoms with Crippen LogP contribution in [0.2, 0.25) is 5.28 Å². The normalized spacial score (nSPS) is 38.3. The molecular weight excluding hydrogens is 638 g/mol. The third-order valence-electron chi connectivity index (χ3n) is 7.93. The molecule has 0 spiro atoms. The third-order valence-corrected chi connectivity index (χ3v) is 10.7. The van der Waals surface area contributed by atoms with Crippen LogP contribution in [-0.4, -0.2) is 98.3 Å². The standard InChI is InChI=1S/C16H22ClN5O12P2.C6H15N/c17-16-20-8-13(18)21-4-19-14(8)22(16)15-12(26)11(25)7(33-15)3-32-36(29,30)34-35(27,28)31-2-5-1-6(21)10(24)9(5)23;1-4-7(5-2)6-3/h4-7,9-12,15,18,23-26H,1-3H2,(H2,27,28,29,30);4-6H2,1-3H3/t5-,6-,7-,9-,10+,11-,12-,15-;/m1./s1. The van der Waals surface area contributed by atoms with Gasteiger partial charge in [-0.15, -0.1) is 0 Å². The lowest BCUT2D eigenvalue weighted by Gasteiger charge is -2.32. The van der Waals surface area contributed by atoms with Crippen molar-refractivity contribution >= 4 is 44.2 Å². The Balaban J connectivity index is 0.000000541. The van der Waals surface area contributed by atoms with Gasteiger partial charge in [0, 0.05) is 5.92 Å². The molecule has 1 saturated heterocycles. The van der Waals surface area contributed by atoms with Gasteiger partial charge in [0.05, 0.1) is 39.0 Å². The predicted octanol–water partition coefficient (Wildman–Crippen LogP) is -3.21. The largest absolute Gasteiger partial charge is 0.756 e. The van der Waals surface area contributed by atoms with Crippen molar-refractivity contribution in [2.24, 2.45) is 5.92 Å². The van der Waals surface area contributed by atoms with Gasteiger partial charge in [0.2, 0.25) is 17.3 Å². The molecule has 0 aromatic carbocycles. The summed E-state index contributed by atoms with van der Waals surface area (Å²) in [6, 6.07) is -0.909. The van der Waals surface area contributed by atoms with Gasteiger partial charge >= 0.3 is 0 Å². The molecule has 4 aliphatic rings. The van der Waals surface area contributed by atoms with Crippen molar-refractivity contribution in [1.82, 2.24) is 14.5 Å². The average molecular weight is 675 g/mol. The Morgan fingerprint density at radius 2 is 1.65 bits per heavy atom. The number of aliphatic hydroxyl groups is 4. The number of imidazole rings is 1. The summed E-state index contributed by atoms with van der Waals surface area (Å²) in [7, 11) is -11.1. The van der Waals surface area contributed by atoms with Crippen molar-refractivity contribution in [2.75, 3.05) is 38.6 Å². The van der Waals surface area contributed by atoms with E-state index in [-0.39, 0.29) is 28.7 Å². The second-order valence-electron chi connectivity index (χ2n) is 10.4. The summed E-state index contributed by atoms with van der Waals surface area (Å²) >= 11 is 6.26. The molecule has 244 valence electrons. The number of nitrogens with one attached hydrogen (secondary N) is 1. The van der Waals surface area contributed by atoms with Crippen molar-refractivity contribution in [3.63, 3.8) is 0 Å². The number of ether oxygens (including phenoxy) is 1. The first-order valence-electron chi connectivity index (χ1n) is 13.7. The number of halogens is 1. The Bertz CT molecular complexity index is 1380. The van der Waals surface area contributed by atoms with Crippen LogP contribution in [0, 0.1) is 5.92 Å². The van der Waals surface area contributed by atoms with Gasteiger partial charge in [0.25, 0.3) is 21.5 Å². The van der Waals surface area contributed by atoms with Crippen molar-refractivity contribution in [1.29, 1.82) is 0 Å². The summed E-state index contributed by atoms with van der Waals surface area (Å²) in [6.45, 7) is 8.81. The Hall–Kier alpha value is -1.34. The Morgan fingerprint density at radius 1 is 1.05 bits per heavy atom. The quantitative estimate of drug-likeness (QED) is 0.106. The van der Waals surface area contributed by atoms with Gasteiger partial charge in [-0.2, -0.15) is 0 Å². The Morgan fingerprint density at radius 3 is 2.23 bits per heavy atom. The maximum absolute atomic E-state index is 12.1. The van der Waals surface area contributed by atoms with E-state index in [4.69, 9.17) is 22.1 Å². The molecule has 8 bridgehead atoms. The average Bonchev–Trinajstić information content (AvgIpc) is 3.53. The van der Waals surface area contributed by atoms with Crippen LogP contribution in [0.3, 0.4) is 0 Å². The number of fused-ring (bicyclic) bond motifs is 7. The van der Waals surface area contributed by atoms with Crippen LogP contribution in [0.25, 0.3) is 11.2 Å². The molecule has 2 aromatic rings. The van der Waals surface area contributed by atoms with Crippen molar-refractivity contribution in [3.05, 3.63) is 11.6 Å². The van der Waals surface area contributed by atoms with Gasteiger partial charge in [0.1, 0.15) is 30.5 Å². The van der Waals surface area contributed by atoms with E-state index in [0.717, 1.165) is 4.57 Å². The number of rotatable bonds is 3. The molecule has 2 aromatic heterocycles. The van der Waals surface area contributed by atoms with Gasteiger partial charge in [-0.05, 0) is 38.8 Å². The predicted molar refractivity (Wildman–Crippen MR) is 143 cm³/mol. The summed E-state index contributed by atoms with van der Waals surface area (Å²) in [5.74, 6) is -1.00. The zero-order chi connectivity index (χ0) is 31.9. The number of hydrogen-bond acceptors (Lipinski definition) is 15. The minimum absolute atomic E-state index is 0.0300. The summed E-state index contributed by atoms with van der Waals surface area (Å²) in [6.07, 6.45) is -7.99. The molecule has 3 aliphatic heterocycles. The van der Waals surface area contributed by atoms with Crippen molar-refractivity contribution < 1.29 is 66.9 Å². The fourth-order valence-electron chi connectivity index (χ4n) is 5.38. The molecule has 21 heteroatoms. The number of anilines is 1. The molecule has 6 rings (SSSR count). The highest BCUT2D eigenvalue weighted by atomic mass is 35.5. The maximum Gasteiger partial charge on any atom is 0.274 e. The lowest BCUT2D eigenvalue weighted by molar-refractivity contribution is -0.894. The van der Waals surface area contributed by atoms with E-state index in [1.54, 1.807) is 4.90 Å². The van der Waals surface area contributed by atoms with E-state index in [0.29, 0.717) is 0 Å². The maximum atomic E-state index is 12.1.